The number of carbonyl (C=O) groups excluding carboxylic acids is 2. The van der Waals surface area contributed by atoms with Crippen LogP contribution in [0.4, 0.5) is 4.79 Å². The van der Waals surface area contributed by atoms with E-state index in [4.69, 9.17) is 15.2 Å². The number of carbonyl (C=O) groups is 2. The van der Waals surface area contributed by atoms with Gasteiger partial charge in [-0.15, -0.1) is 0 Å². The average Bonchev–Trinajstić information content (AvgIpc) is 2.41. The first-order valence-electron chi connectivity index (χ1n) is 6.37. The summed E-state index contributed by atoms with van der Waals surface area (Å²) in [6.07, 6.45) is -0.760. The van der Waals surface area contributed by atoms with Crippen LogP contribution < -0.4 is 11.1 Å². The van der Waals surface area contributed by atoms with Gasteiger partial charge in [-0.25, -0.2) is 4.79 Å². The minimum atomic E-state index is -0.902. The molecule has 0 fully saturated rings. The van der Waals surface area contributed by atoms with Crippen LogP contribution in [0.25, 0.3) is 0 Å². The quantitative estimate of drug-likeness (QED) is 0.785. The molecule has 1 aromatic rings. The summed E-state index contributed by atoms with van der Waals surface area (Å²) in [6, 6.07) is 8.33. The first-order valence-corrected chi connectivity index (χ1v) is 6.37. The molecule has 1 atom stereocenters. The Bertz CT molecular complexity index is 434. The molecule has 0 unspecified atom stereocenters. The summed E-state index contributed by atoms with van der Waals surface area (Å²) in [4.78, 5) is 22.8. The molecular formula is C14H20N2O4. The van der Waals surface area contributed by atoms with Crippen molar-refractivity contribution in [3.05, 3.63) is 35.9 Å². The molecule has 110 valence electrons. The molecule has 0 aromatic heterocycles. The molecule has 0 saturated carbocycles. The van der Waals surface area contributed by atoms with Crippen molar-refractivity contribution in [1.29, 1.82) is 0 Å². The molecule has 0 aliphatic rings. The second kappa shape index (κ2) is 8.16. The Labute approximate surface area is 118 Å². The predicted molar refractivity (Wildman–Crippen MR) is 73.8 cm³/mol. The van der Waals surface area contributed by atoms with Crippen LogP contribution in [-0.2, 0) is 20.9 Å². The van der Waals surface area contributed by atoms with Gasteiger partial charge in [-0.05, 0) is 19.4 Å². The molecule has 0 spiro atoms. The molecule has 6 heteroatoms. The van der Waals surface area contributed by atoms with Crippen LogP contribution in [0.5, 0.6) is 0 Å². The van der Waals surface area contributed by atoms with Crippen molar-refractivity contribution in [2.45, 2.75) is 32.6 Å². The van der Waals surface area contributed by atoms with E-state index in [1.807, 2.05) is 44.2 Å². The summed E-state index contributed by atoms with van der Waals surface area (Å²) >= 11 is 0. The van der Waals surface area contributed by atoms with E-state index in [0.29, 0.717) is 0 Å². The number of hydrogen-bond acceptors (Lipinski definition) is 4. The molecule has 0 bridgehead atoms. The molecule has 20 heavy (non-hydrogen) atoms. The van der Waals surface area contributed by atoms with E-state index in [-0.39, 0.29) is 19.3 Å². The molecule has 1 aromatic carbocycles. The zero-order valence-corrected chi connectivity index (χ0v) is 11.7. The fraction of sp³-hybridized carbons (Fsp3) is 0.429. The van der Waals surface area contributed by atoms with Gasteiger partial charge in [0, 0.05) is 0 Å². The monoisotopic (exact) mass is 280 g/mol. The number of hydrogen-bond donors (Lipinski definition) is 2. The first-order chi connectivity index (χ1) is 9.49. The highest BCUT2D eigenvalue weighted by Crippen LogP contribution is 2.01. The summed E-state index contributed by atoms with van der Waals surface area (Å²) in [5, 5.41) is 2.38. The second-order valence-electron chi connectivity index (χ2n) is 4.54. The highest BCUT2D eigenvalue weighted by atomic mass is 16.5. The standard InChI is InChI=1S/C14H20N2O4/c1-10(2)19-9-12(13(15)17)16-14(18)20-8-11-6-4-3-5-7-11/h3-7,10,12H,8-9H2,1-2H3,(H2,15,17)(H,16,18)/t12-/m0/s1. The summed E-state index contributed by atoms with van der Waals surface area (Å²) in [7, 11) is 0. The molecule has 0 saturated heterocycles. The van der Waals surface area contributed by atoms with Crippen molar-refractivity contribution in [2.75, 3.05) is 6.61 Å². The van der Waals surface area contributed by atoms with E-state index in [2.05, 4.69) is 5.32 Å². The third kappa shape index (κ3) is 6.19. The number of rotatable bonds is 7. The zero-order chi connectivity index (χ0) is 15.0. The Morgan fingerprint density at radius 1 is 1.25 bits per heavy atom. The van der Waals surface area contributed by atoms with Crippen molar-refractivity contribution in [1.82, 2.24) is 5.32 Å². The first kappa shape index (κ1) is 16.0. The highest BCUT2D eigenvalue weighted by Gasteiger charge is 2.19. The molecular weight excluding hydrogens is 260 g/mol. The number of nitrogens with two attached hydrogens (primary N) is 1. The van der Waals surface area contributed by atoms with E-state index in [1.54, 1.807) is 0 Å². The van der Waals surface area contributed by atoms with Crippen LogP contribution >= 0.6 is 0 Å². The van der Waals surface area contributed by atoms with Crippen molar-refractivity contribution < 1.29 is 19.1 Å². The number of amides is 2. The zero-order valence-electron chi connectivity index (χ0n) is 11.7. The minimum absolute atomic E-state index is 0.0213. The maximum atomic E-state index is 11.6. The Morgan fingerprint density at radius 2 is 1.90 bits per heavy atom. The maximum absolute atomic E-state index is 11.6. The Balaban J connectivity index is 2.40. The third-order valence-electron chi connectivity index (χ3n) is 2.44. The average molecular weight is 280 g/mol. The molecule has 2 amide bonds. The van der Waals surface area contributed by atoms with E-state index in [0.717, 1.165) is 5.56 Å². The fourth-order valence-electron chi connectivity index (χ4n) is 1.39. The van der Waals surface area contributed by atoms with Crippen LogP contribution in [0.1, 0.15) is 19.4 Å². The van der Waals surface area contributed by atoms with Crippen LogP contribution in [0.15, 0.2) is 30.3 Å². The number of alkyl carbamates (subject to hydrolysis) is 1. The molecule has 3 N–H and O–H groups in total. The van der Waals surface area contributed by atoms with E-state index >= 15 is 0 Å². The summed E-state index contributed by atoms with van der Waals surface area (Å²) in [5.41, 5.74) is 6.05. The fourth-order valence-corrected chi connectivity index (χ4v) is 1.39. The molecule has 1 rings (SSSR count). The second-order valence-corrected chi connectivity index (χ2v) is 4.54. The van der Waals surface area contributed by atoms with Gasteiger partial charge < -0.3 is 20.5 Å². The van der Waals surface area contributed by atoms with Gasteiger partial charge in [0.1, 0.15) is 12.6 Å². The van der Waals surface area contributed by atoms with Gasteiger partial charge in [-0.1, -0.05) is 30.3 Å². The van der Waals surface area contributed by atoms with Crippen molar-refractivity contribution >= 4 is 12.0 Å². The summed E-state index contributed by atoms with van der Waals surface area (Å²) < 4.78 is 10.3. The summed E-state index contributed by atoms with van der Waals surface area (Å²) in [6.45, 7) is 3.80. The third-order valence-corrected chi connectivity index (χ3v) is 2.44. The Morgan fingerprint density at radius 3 is 2.45 bits per heavy atom. The van der Waals surface area contributed by atoms with Crippen LogP contribution in [-0.4, -0.2) is 30.8 Å². The number of nitrogens with one attached hydrogen (secondary N) is 1. The smallest absolute Gasteiger partial charge is 0.408 e. The van der Waals surface area contributed by atoms with Gasteiger partial charge in [0.05, 0.1) is 12.7 Å². The van der Waals surface area contributed by atoms with Gasteiger partial charge in [-0.3, -0.25) is 4.79 Å². The van der Waals surface area contributed by atoms with Gasteiger partial charge in [0.25, 0.3) is 0 Å². The lowest BCUT2D eigenvalue weighted by molar-refractivity contribution is -0.121. The lowest BCUT2D eigenvalue weighted by Crippen LogP contribution is -2.47. The van der Waals surface area contributed by atoms with Gasteiger partial charge in [-0.2, -0.15) is 0 Å². The molecule has 0 heterocycles. The Kier molecular flexibility index (Phi) is 6.52. The van der Waals surface area contributed by atoms with Crippen molar-refractivity contribution in [3.8, 4) is 0 Å². The summed E-state index contributed by atoms with van der Waals surface area (Å²) in [5.74, 6) is -0.665. The normalized spacial score (nSPS) is 11.9. The van der Waals surface area contributed by atoms with Gasteiger partial charge in [0.2, 0.25) is 5.91 Å². The van der Waals surface area contributed by atoms with Gasteiger partial charge >= 0.3 is 6.09 Å². The largest absolute Gasteiger partial charge is 0.445 e. The predicted octanol–water partition coefficient (Wildman–Crippen LogP) is 1.19. The number of benzene rings is 1. The molecule has 6 nitrogen and oxygen atoms in total. The van der Waals surface area contributed by atoms with Gasteiger partial charge in [0.15, 0.2) is 0 Å². The highest BCUT2D eigenvalue weighted by molar-refractivity contribution is 5.84. The Hall–Kier alpha value is -2.08. The van der Waals surface area contributed by atoms with E-state index < -0.39 is 18.0 Å². The van der Waals surface area contributed by atoms with E-state index in [9.17, 15) is 9.59 Å². The molecule has 0 radical (unpaired) electrons. The van der Waals surface area contributed by atoms with Crippen LogP contribution in [0.3, 0.4) is 0 Å². The minimum Gasteiger partial charge on any atom is -0.445 e. The maximum Gasteiger partial charge on any atom is 0.408 e. The number of primary amides is 1. The SMILES string of the molecule is CC(C)OC[C@H](NC(=O)OCc1ccccc1)C(N)=O. The van der Waals surface area contributed by atoms with Crippen LogP contribution in [0.2, 0.25) is 0 Å². The number of ether oxygens (including phenoxy) is 2. The topological polar surface area (TPSA) is 90.7 Å². The van der Waals surface area contributed by atoms with Crippen LogP contribution in [0, 0.1) is 0 Å². The lowest BCUT2D eigenvalue weighted by Gasteiger charge is -2.17. The van der Waals surface area contributed by atoms with Crippen molar-refractivity contribution in [2.24, 2.45) is 5.73 Å². The van der Waals surface area contributed by atoms with E-state index in [1.165, 1.54) is 0 Å². The molecule has 0 aliphatic heterocycles. The van der Waals surface area contributed by atoms with Crippen molar-refractivity contribution in [3.63, 3.8) is 0 Å². The molecule has 0 aliphatic carbocycles. The lowest BCUT2D eigenvalue weighted by atomic mass is 10.2.